The molecular formula is C19H24BrN3O2S. The van der Waals surface area contributed by atoms with Crippen LogP contribution in [0.1, 0.15) is 25.3 Å². The van der Waals surface area contributed by atoms with Crippen molar-refractivity contribution in [3.05, 3.63) is 46.6 Å². The van der Waals surface area contributed by atoms with Crippen molar-refractivity contribution >= 4 is 37.3 Å². The van der Waals surface area contributed by atoms with Gasteiger partial charge in [0.05, 0.1) is 10.6 Å². The highest BCUT2D eigenvalue weighted by atomic mass is 79.9. The van der Waals surface area contributed by atoms with Gasteiger partial charge in [-0.05, 0) is 71.6 Å². The minimum absolute atomic E-state index is 0.132. The molecule has 0 radical (unpaired) electrons. The summed E-state index contributed by atoms with van der Waals surface area (Å²) in [5.41, 5.74) is 2.21. The first-order valence-corrected chi connectivity index (χ1v) is 11.3. The maximum Gasteiger partial charge on any atom is 0.178 e. The third-order valence-corrected chi connectivity index (χ3v) is 7.01. The zero-order valence-electron chi connectivity index (χ0n) is 15.1. The first kappa shape index (κ1) is 19.2. The van der Waals surface area contributed by atoms with Gasteiger partial charge in [-0.1, -0.05) is 6.92 Å². The van der Waals surface area contributed by atoms with E-state index in [1.54, 1.807) is 19.1 Å². The number of nitrogens with zero attached hydrogens (tertiary/aromatic N) is 2. The number of aryl methyl sites for hydroxylation is 1. The highest BCUT2D eigenvalue weighted by Crippen LogP contribution is 2.25. The fourth-order valence-corrected chi connectivity index (χ4v) is 4.53. The Morgan fingerprint density at radius 3 is 2.46 bits per heavy atom. The summed E-state index contributed by atoms with van der Waals surface area (Å²) in [4.78, 5) is 7.17. The summed E-state index contributed by atoms with van der Waals surface area (Å²) in [6.45, 7) is 5.60. The van der Waals surface area contributed by atoms with Crippen molar-refractivity contribution in [2.75, 3.05) is 29.1 Å². The molecule has 0 amide bonds. The fraction of sp³-hybridized carbons (Fsp3) is 0.421. The average molecular weight is 438 g/mol. The van der Waals surface area contributed by atoms with Crippen LogP contribution in [0.3, 0.4) is 0 Å². The van der Waals surface area contributed by atoms with Crippen LogP contribution < -0.4 is 10.2 Å². The lowest BCUT2D eigenvalue weighted by molar-refractivity contribution is 0.525. The van der Waals surface area contributed by atoms with Crippen molar-refractivity contribution in [1.82, 2.24) is 4.98 Å². The first-order valence-electron chi connectivity index (χ1n) is 8.85. The van der Waals surface area contributed by atoms with E-state index in [4.69, 9.17) is 0 Å². The third-order valence-electron chi connectivity index (χ3n) is 4.82. The predicted molar refractivity (Wildman–Crippen MR) is 110 cm³/mol. The lowest BCUT2D eigenvalue weighted by Crippen LogP contribution is -2.39. The Morgan fingerprint density at radius 2 is 1.88 bits per heavy atom. The Kier molecular flexibility index (Phi) is 5.87. The standard InChI is InChI=1S/C19H24BrN3O2S/c1-3-26(24,25)18-6-4-17(5-7-18)23-10-8-16(9-11-23)22-19-14(2)12-15(20)13-21-19/h4-7,12-13,16H,3,8-11H2,1-2H3,(H,21,22). The topological polar surface area (TPSA) is 62.3 Å². The number of hydrogen-bond donors (Lipinski definition) is 1. The van der Waals surface area contributed by atoms with E-state index in [0.29, 0.717) is 10.9 Å². The van der Waals surface area contributed by atoms with Crippen LogP contribution >= 0.6 is 15.9 Å². The van der Waals surface area contributed by atoms with Crippen LogP contribution in [0.5, 0.6) is 0 Å². The Morgan fingerprint density at radius 1 is 1.23 bits per heavy atom. The largest absolute Gasteiger partial charge is 0.371 e. The molecule has 1 aliphatic rings. The third kappa shape index (κ3) is 4.38. The Balaban J connectivity index is 1.60. The molecule has 0 bridgehead atoms. The zero-order valence-corrected chi connectivity index (χ0v) is 17.5. The Hall–Kier alpha value is -1.60. The second-order valence-corrected chi connectivity index (χ2v) is 9.82. The maximum absolute atomic E-state index is 11.9. The number of benzene rings is 1. The number of pyridine rings is 1. The van der Waals surface area contributed by atoms with Crippen LogP contribution in [0.25, 0.3) is 0 Å². The average Bonchev–Trinajstić information content (AvgIpc) is 2.65. The summed E-state index contributed by atoms with van der Waals surface area (Å²) < 4.78 is 24.8. The van der Waals surface area contributed by atoms with E-state index in [1.807, 2.05) is 18.3 Å². The minimum atomic E-state index is -3.14. The predicted octanol–water partition coefficient (Wildman–Crippen LogP) is 4.03. The molecule has 1 saturated heterocycles. The van der Waals surface area contributed by atoms with E-state index in [0.717, 1.165) is 47.5 Å². The van der Waals surface area contributed by atoms with Gasteiger partial charge in [-0.15, -0.1) is 0 Å². The number of nitrogens with one attached hydrogen (secondary N) is 1. The molecule has 140 valence electrons. The molecule has 0 spiro atoms. The normalized spacial score (nSPS) is 15.9. The molecule has 2 heterocycles. The van der Waals surface area contributed by atoms with E-state index in [1.165, 1.54) is 0 Å². The number of piperidine rings is 1. The van der Waals surface area contributed by atoms with Gasteiger partial charge in [-0.25, -0.2) is 13.4 Å². The van der Waals surface area contributed by atoms with Gasteiger partial charge in [0.25, 0.3) is 0 Å². The molecule has 0 saturated carbocycles. The monoisotopic (exact) mass is 437 g/mol. The van der Waals surface area contributed by atoms with Gasteiger partial charge in [-0.3, -0.25) is 0 Å². The molecule has 1 N–H and O–H groups in total. The summed E-state index contributed by atoms with van der Waals surface area (Å²) in [5, 5.41) is 3.55. The van der Waals surface area contributed by atoms with Gasteiger partial charge in [0.15, 0.2) is 9.84 Å². The van der Waals surface area contributed by atoms with Crippen molar-refractivity contribution in [3.63, 3.8) is 0 Å². The van der Waals surface area contributed by atoms with Crippen LogP contribution in [-0.4, -0.2) is 38.3 Å². The van der Waals surface area contributed by atoms with E-state index < -0.39 is 9.84 Å². The lowest BCUT2D eigenvalue weighted by Gasteiger charge is -2.34. The first-order chi connectivity index (χ1) is 12.4. The number of hydrogen-bond acceptors (Lipinski definition) is 5. The van der Waals surface area contributed by atoms with Gasteiger partial charge in [0, 0.05) is 35.5 Å². The molecule has 26 heavy (non-hydrogen) atoms. The molecule has 2 aromatic rings. The van der Waals surface area contributed by atoms with E-state index >= 15 is 0 Å². The summed E-state index contributed by atoms with van der Waals surface area (Å²) in [6, 6.07) is 9.73. The van der Waals surface area contributed by atoms with Crippen molar-refractivity contribution in [2.24, 2.45) is 0 Å². The number of anilines is 2. The maximum atomic E-state index is 11.9. The van der Waals surface area contributed by atoms with Crippen LogP contribution in [-0.2, 0) is 9.84 Å². The smallest absolute Gasteiger partial charge is 0.178 e. The van der Waals surface area contributed by atoms with Gasteiger partial charge in [0.2, 0.25) is 0 Å². The molecule has 5 nitrogen and oxygen atoms in total. The molecule has 0 aliphatic carbocycles. The highest BCUT2D eigenvalue weighted by Gasteiger charge is 2.21. The fourth-order valence-electron chi connectivity index (χ4n) is 3.20. The van der Waals surface area contributed by atoms with Crippen LogP contribution in [0.2, 0.25) is 0 Å². The SMILES string of the molecule is CCS(=O)(=O)c1ccc(N2CCC(Nc3ncc(Br)cc3C)CC2)cc1. The van der Waals surface area contributed by atoms with Crippen molar-refractivity contribution in [2.45, 2.75) is 37.6 Å². The van der Waals surface area contributed by atoms with Crippen LogP contribution in [0, 0.1) is 6.92 Å². The summed E-state index contributed by atoms with van der Waals surface area (Å²) in [6.07, 6.45) is 3.86. The van der Waals surface area contributed by atoms with E-state index in [9.17, 15) is 8.42 Å². The van der Waals surface area contributed by atoms with Crippen LogP contribution in [0.15, 0.2) is 45.9 Å². The molecule has 3 rings (SSSR count). The van der Waals surface area contributed by atoms with Crippen molar-refractivity contribution < 1.29 is 8.42 Å². The molecule has 0 unspecified atom stereocenters. The number of aromatic nitrogens is 1. The molecule has 1 aliphatic heterocycles. The number of sulfone groups is 1. The van der Waals surface area contributed by atoms with Gasteiger partial charge in [-0.2, -0.15) is 0 Å². The summed E-state index contributed by atoms with van der Waals surface area (Å²) in [7, 11) is -3.14. The van der Waals surface area contributed by atoms with Gasteiger partial charge < -0.3 is 10.2 Å². The molecular weight excluding hydrogens is 414 g/mol. The summed E-state index contributed by atoms with van der Waals surface area (Å²) >= 11 is 3.44. The lowest BCUT2D eigenvalue weighted by atomic mass is 10.0. The Labute approximate surface area is 163 Å². The summed E-state index contributed by atoms with van der Waals surface area (Å²) in [5.74, 6) is 1.08. The van der Waals surface area contributed by atoms with Crippen LogP contribution in [0.4, 0.5) is 11.5 Å². The van der Waals surface area contributed by atoms with Gasteiger partial charge in [0.1, 0.15) is 5.82 Å². The number of halogens is 1. The second kappa shape index (κ2) is 7.96. The highest BCUT2D eigenvalue weighted by molar-refractivity contribution is 9.10. The second-order valence-electron chi connectivity index (χ2n) is 6.62. The van der Waals surface area contributed by atoms with E-state index in [2.05, 4.69) is 44.1 Å². The molecule has 1 aromatic heterocycles. The van der Waals surface area contributed by atoms with Crippen molar-refractivity contribution in [3.8, 4) is 0 Å². The molecule has 1 fully saturated rings. The van der Waals surface area contributed by atoms with Gasteiger partial charge >= 0.3 is 0 Å². The minimum Gasteiger partial charge on any atom is -0.371 e. The number of rotatable bonds is 5. The quantitative estimate of drug-likeness (QED) is 0.764. The Bertz CT molecular complexity index is 861. The molecule has 7 heteroatoms. The molecule has 1 aromatic carbocycles. The zero-order chi connectivity index (χ0) is 18.7. The van der Waals surface area contributed by atoms with Crippen molar-refractivity contribution in [1.29, 1.82) is 0 Å². The van der Waals surface area contributed by atoms with E-state index in [-0.39, 0.29) is 5.75 Å². The molecule has 0 atom stereocenters.